The molecule has 0 bridgehead atoms. The molecular formula is C16H22Cl2Si2Zr-2. The molecule has 0 saturated carbocycles. The molecule has 0 amide bonds. The van der Waals surface area contributed by atoms with Gasteiger partial charge < -0.3 is 0 Å². The predicted molar refractivity (Wildman–Crippen MR) is 102 cm³/mol. The summed E-state index contributed by atoms with van der Waals surface area (Å²) >= 11 is 0.335. The van der Waals surface area contributed by atoms with Crippen LogP contribution in [0.4, 0.5) is 0 Å². The van der Waals surface area contributed by atoms with Crippen LogP contribution in [0.15, 0.2) is 66.7 Å². The molecular weight excluding hydrogens is 410 g/mol. The van der Waals surface area contributed by atoms with Gasteiger partial charge in [-0.25, -0.2) is 11.6 Å². The Morgan fingerprint density at radius 2 is 1.71 bits per heavy atom. The fourth-order valence-electron chi connectivity index (χ4n) is 1.54. The molecule has 3 rings (SSSR count). The SMILES string of the molecule is C[SiH]=[Zr]=[SiH2].Cc1cc[cH-]c1.Cl.Cl.c1ccc2[cH-]ccc2c1. The quantitative estimate of drug-likeness (QED) is 0.370. The zero-order valence-electron chi connectivity index (χ0n) is 12.5. The molecule has 0 atom stereocenters. The number of benzene rings is 1. The zero-order chi connectivity index (χ0) is 13.9. The Morgan fingerprint density at radius 1 is 1.05 bits per heavy atom. The Bertz CT molecular complexity index is 596. The summed E-state index contributed by atoms with van der Waals surface area (Å²) in [5, 5.41) is 2.66. The fourth-order valence-corrected chi connectivity index (χ4v) is 1.54. The summed E-state index contributed by atoms with van der Waals surface area (Å²) < 4.78 is 0. The van der Waals surface area contributed by atoms with Gasteiger partial charge in [-0.15, -0.1) is 54.5 Å². The number of hydrogen-bond acceptors (Lipinski definition) is 0. The minimum absolute atomic E-state index is 0. The van der Waals surface area contributed by atoms with Gasteiger partial charge in [-0.05, 0) is 0 Å². The van der Waals surface area contributed by atoms with Gasteiger partial charge in [0, 0.05) is 0 Å². The molecule has 0 aliphatic carbocycles. The molecule has 0 fully saturated rings. The largest absolute Gasteiger partial charge is 0.211 e. The van der Waals surface area contributed by atoms with Gasteiger partial charge in [0.1, 0.15) is 0 Å². The molecule has 0 radical (unpaired) electrons. The Hall–Kier alpha value is 0.0769. The van der Waals surface area contributed by atoms with Gasteiger partial charge in [-0.1, -0.05) is 13.0 Å². The van der Waals surface area contributed by atoms with Crippen LogP contribution in [-0.4, -0.2) is 13.0 Å². The van der Waals surface area contributed by atoms with Crippen LogP contribution in [0.3, 0.4) is 0 Å². The monoisotopic (exact) mass is 430 g/mol. The molecule has 0 spiro atoms. The van der Waals surface area contributed by atoms with Crippen molar-refractivity contribution >= 4 is 48.6 Å². The van der Waals surface area contributed by atoms with E-state index in [1.807, 2.05) is 12.1 Å². The first-order chi connectivity index (χ1) is 9.27. The summed E-state index contributed by atoms with van der Waals surface area (Å²) in [6.07, 6.45) is 0.965. The van der Waals surface area contributed by atoms with E-state index in [-0.39, 0.29) is 24.8 Å². The van der Waals surface area contributed by atoms with Crippen molar-refractivity contribution in [2.24, 2.45) is 0 Å². The molecule has 0 aliphatic rings. The van der Waals surface area contributed by atoms with E-state index in [0.717, 1.165) is 6.16 Å². The second kappa shape index (κ2) is 15.0. The Morgan fingerprint density at radius 3 is 2.14 bits per heavy atom. The maximum atomic E-state index is 2.35. The van der Waals surface area contributed by atoms with Crippen molar-refractivity contribution in [3.05, 3.63) is 72.3 Å². The third-order valence-corrected chi connectivity index (χ3v) is 13.2. The van der Waals surface area contributed by atoms with E-state index >= 15 is 0 Å². The van der Waals surface area contributed by atoms with E-state index < -0.39 is 0 Å². The molecule has 0 heterocycles. The molecule has 0 aliphatic heterocycles. The van der Waals surface area contributed by atoms with E-state index in [1.165, 1.54) is 16.3 Å². The topological polar surface area (TPSA) is 0 Å². The van der Waals surface area contributed by atoms with Crippen molar-refractivity contribution in [1.29, 1.82) is 0 Å². The Labute approximate surface area is 153 Å². The van der Waals surface area contributed by atoms with Crippen LogP contribution in [0.25, 0.3) is 10.8 Å². The van der Waals surface area contributed by atoms with Crippen molar-refractivity contribution in [3.8, 4) is 0 Å². The molecule has 3 aromatic rings. The van der Waals surface area contributed by atoms with Crippen molar-refractivity contribution in [2.45, 2.75) is 13.5 Å². The van der Waals surface area contributed by atoms with Gasteiger partial charge in [0.2, 0.25) is 0 Å². The van der Waals surface area contributed by atoms with Crippen LogP contribution in [0.5, 0.6) is 0 Å². The summed E-state index contributed by atoms with van der Waals surface area (Å²) in [4.78, 5) is 0. The maximum Gasteiger partial charge on any atom is -0.0809 e. The van der Waals surface area contributed by atoms with Crippen molar-refractivity contribution in [2.75, 3.05) is 0 Å². The summed E-state index contributed by atoms with van der Waals surface area (Å²) in [5.41, 5.74) is 1.34. The molecule has 21 heavy (non-hydrogen) atoms. The molecule has 0 aromatic heterocycles. The number of aryl methyl sites for hydroxylation is 1. The van der Waals surface area contributed by atoms with E-state index in [1.54, 1.807) is 0 Å². The molecule has 0 N–H and O–H groups in total. The van der Waals surface area contributed by atoms with Crippen molar-refractivity contribution in [1.82, 2.24) is 0 Å². The summed E-state index contributed by atoms with van der Waals surface area (Å²) in [6, 6.07) is 22.9. The van der Waals surface area contributed by atoms with Gasteiger partial charge in [-0.3, -0.25) is 0 Å². The summed E-state index contributed by atoms with van der Waals surface area (Å²) in [6.45, 7) is 6.66. The zero-order valence-corrected chi connectivity index (χ0v) is 19.1. The first-order valence-corrected chi connectivity index (χ1v) is 18.3. The van der Waals surface area contributed by atoms with Gasteiger partial charge in [0.15, 0.2) is 0 Å². The molecule has 3 aromatic carbocycles. The second-order valence-electron chi connectivity index (χ2n) is 4.11. The van der Waals surface area contributed by atoms with E-state index in [2.05, 4.69) is 74.9 Å². The first kappa shape index (κ1) is 23.3. The first-order valence-electron chi connectivity index (χ1n) is 6.37. The summed E-state index contributed by atoms with van der Waals surface area (Å²) in [7, 11) is 0. The Kier molecular flexibility index (Phi) is 16.7. The Balaban J connectivity index is 0. The van der Waals surface area contributed by atoms with Crippen LogP contribution in [0, 0.1) is 6.92 Å². The fraction of sp³-hybridized carbons (Fsp3) is 0.125. The van der Waals surface area contributed by atoms with Gasteiger partial charge in [0.25, 0.3) is 0 Å². The average Bonchev–Trinajstić information content (AvgIpc) is 3.10. The maximum absolute atomic E-state index is 2.35. The second-order valence-corrected chi connectivity index (χ2v) is 19.6. The molecule has 0 nitrogen and oxygen atoms in total. The third kappa shape index (κ3) is 10.4. The van der Waals surface area contributed by atoms with Crippen LogP contribution in [0.2, 0.25) is 6.55 Å². The van der Waals surface area contributed by atoms with E-state index in [4.69, 9.17) is 0 Å². The van der Waals surface area contributed by atoms with Gasteiger partial charge >= 0.3 is 40.1 Å². The predicted octanol–water partition coefficient (Wildman–Crippen LogP) is 4.13. The van der Waals surface area contributed by atoms with Crippen molar-refractivity contribution < 1.29 is 20.5 Å². The standard InChI is InChI=1S/C9H7.C6H7.CH4Si.2ClH.H2Si.Zr/c1-2-5-9-7-3-6-8(9)4-1;1-6-4-2-3-5-6;1-2;;;;/h1-7H;2-5H,1H3;2H,1H3;2*1H;1H2;/q2*-1;;;;;. The minimum atomic E-state index is 0. The molecule has 5 heteroatoms. The van der Waals surface area contributed by atoms with Crippen LogP contribution >= 0.6 is 24.8 Å². The number of fused-ring (bicyclic) bond motifs is 1. The number of rotatable bonds is 0. The van der Waals surface area contributed by atoms with Gasteiger partial charge in [-0.2, -0.15) is 35.7 Å². The minimum Gasteiger partial charge on any atom is -0.211 e. The average molecular weight is 433 g/mol. The van der Waals surface area contributed by atoms with Crippen LogP contribution in [0.1, 0.15) is 5.56 Å². The molecule has 0 saturated heterocycles. The van der Waals surface area contributed by atoms with E-state index in [0.29, 0.717) is 20.5 Å². The number of hydrogen-bond donors (Lipinski definition) is 0. The van der Waals surface area contributed by atoms with Crippen molar-refractivity contribution in [3.63, 3.8) is 0 Å². The van der Waals surface area contributed by atoms with E-state index in [9.17, 15) is 0 Å². The van der Waals surface area contributed by atoms with Crippen LogP contribution < -0.4 is 0 Å². The normalized spacial score (nSPS) is 7.71. The van der Waals surface area contributed by atoms with Gasteiger partial charge in [0.05, 0.1) is 0 Å². The third-order valence-electron chi connectivity index (χ3n) is 2.58. The number of halogens is 2. The molecule has 0 unspecified atom stereocenters. The van der Waals surface area contributed by atoms with Crippen LogP contribution in [-0.2, 0) is 20.5 Å². The smallest absolute Gasteiger partial charge is 0.0809 e. The summed E-state index contributed by atoms with van der Waals surface area (Å²) in [5.74, 6) is 0. The molecule has 114 valence electrons.